The van der Waals surface area contributed by atoms with E-state index < -0.39 is 0 Å². The number of aryl methyl sites for hydroxylation is 1. The molecule has 2 heterocycles. The lowest BCUT2D eigenvalue weighted by Gasteiger charge is -2.09. The van der Waals surface area contributed by atoms with Crippen LogP contribution < -0.4 is 5.32 Å². The Hall–Kier alpha value is -1.18. The maximum atomic E-state index is 12.0. The number of anilines is 1. The van der Waals surface area contributed by atoms with Crippen molar-refractivity contribution in [2.24, 2.45) is 0 Å². The van der Waals surface area contributed by atoms with Crippen molar-refractivity contribution < 1.29 is 4.79 Å². The van der Waals surface area contributed by atoms with Gasteiger partial charge in [-0.05, 0) is 26.0 Å². The number of aromatic nitrogens is 3. The second kappa shape index (κ2) is 6.31. The van der Waals surface area contributed by atoms with E-state index in [-0.39, 0.29) is 11.2 Å². The highest BCUT2D eigenvalue weighted by Gasteiger charge is 2.17. The predicted octanol–water partition coefficient (Wildman–Crippen LogP) is 3.01. The van der Waals surface area contributed by atoms with E-state index in [9.17, 15) is 4.79 Å². The van der Waals surface area contributed by atoms with Crippen molar-refractivity contribution in [3.8, 4) is 0 Å². The lowest BCUT2D eigenvalue weighted by Crippen LogP contribution is -2.22. The first-order valence-corrected chi connectivity index (χ1v) is 7.51. The molecule has 8 heteroatoms. The van der Waals surface area contributed by atoms with E-state index in [0.29, 0.717) is 10.8 Å². The molecule has 0 fully saturated rings. The SMILES string of the molecule is Cc1nnc(S[C@H](C)C(=O)Nc2ccc(Cl)cn2)s1. The number of thioether (sulfide) groups is 1. The summed E-state index contributed by atoms with van der Waals surface area (Å²) in [5.41, 5.74) is 0. The summed E-state index contributed by atoms with van der Waals surface area (Å²) in [6, 6.07) is 3.34. The Kier molecular flexibility index (Phi) is 4.73. The molecule has 0 saturated carbocycles. The molecule has 19 heavy (non-hydrogen) atoms. The average Bonchev–Trinajstić information content (AvgIpc) is 2.77. The molecule has 0 aromatic carbocycles. The average molecular weight is 315 g/mol. The summed E-state index contributed by atoms with van der Waals surface area (Å²) < 4.78 is 0.782. The topological polar surface area (TPSA) is 67.8 Å². The van der Waals surface area contributed by atoms with Gasteiger partial charge in [-0.15, -0.1) is 10.2 Å². The van der Waals surface area contributed by atoms with E-state index >= 15 is 0 Å². The zero-order valence-corrected chi connectivity index (χ0v) is 12.6. The van der Waals surface area contributed by atoms with Crippen LogP contribution in [0.3, 0.4) is 0 Å². The largest absolute Gasteiger partial charge is 0.310 e. The van der Waals surface area contributed by atoms with Gasteiger partial charge in [0.1, 0.15) is 10.8 Å². The molecule has 5 nitrogen and oxygen atoms in total. The normalized spacial score (nSPS) is 12.2. The Morgan fingerprint density at radius 2 is 2.26 bits per heavy atom. The summed E-state index contributed by atoms with van der Waals surface area (Å²) in [5.74, 6) is 0.350. The molecule has 1 amide bonds. The summed E-state index contributed by atoms with van der Waals surface area (Å²) in [7, 11) is 0. The van der Waals surface area contributed by atoms with E-state index in [1.54, 1.807) is 12.1 Å². The molecular formula is C11H11ClN4OS2. The first-order chi connectivity index (χ1) is 9.04. The van der Waals surface area contributed by atoms with Crippen LogP contribution in [-0.2, 0) is 4.79 Å². The zero-order valence-electron chi connectivity index (χ0n) is 10.3. The van der Waals surface area contributed by atoms with Crippen LogP contribution in [0.2, 0.25) is 5.02 Å². The molecule has 1 atom stereocenters. The van der Waals surface area contributed by atoms with Gasteiger partial charge in [-0.1, -0.05) is 34.7 Å². The summed E-state index contributed by atoms with van der Waals surface area (Å²) in [4.78, 5) is 16.0. The third-order valence-electron chi connectivity index (χ3n) is 2.13. The summed E-state index contributed by atoms with van der Waals surface area (Å²) in [6.45, 7) is 3.69. The second-order valence-electron chi connectivity index (χ2n) is 3.70. The minimum atomic E-state index is -0.273. The van der Waals surface area contributed by atoms with E-state index in [2.05, 4.69) is 20.5 Å². The smallest absolute Gasteiger partial charge is 0.238 e. The maximum Gasteiger partial charge on any atom is 0.238 e. The van der Waals surface area contributed by atoms with Crippen LogP contribution in [0.15, 0.2) is 22.7 Å². The summed E-state index contributed by atoms with van der Waals surface area (Å²) >= 11 is 8.57. The molecule has 0 saturated heterocycles. The van der Waals surface area contributed by atoms with Crippen LogP contribution in [-0.4, -0.2) is 26.3 Å². The summed E-state index contributed by atoms with van der Waals surface area (Å²) in [5, 5.41) is 11.8. The third-order valence-corrected chi connectivity index (χ3v) is 4.38. The number of rotatable bonds is 4. The van der Waals surface area contributed by atoms with Crippen LogP contribution in [0.4, 0.5) is 5.82 Å². The van der Waals surface area contributed by atoms with Gasteiger partial charge in [0, 0.05) is 6.20 Å². The zero-order chi connectivity index (χ0) is 13.8. The highest BCUT2D eigenvalue weighted by molar-refractivity contribution is 8.02. The van der Waals surface area contributed by atoms with Crippen LogP contribution in [0.5, 0.6) is 0 Å². The van der Waals surface area contributed by atoms with Crippen LogP contribution in [0.25, 0.3) is 0 Å². The number of pyridine rings is 1. The number of hydrogen-bond acceptors (Lipinski definition) is 6. The fourth-order valence-corrected chi connectivity index (χ4v) is 3.28. The lowest BCUT2D eigenvalue weighted by molar-refractivity contribution is -0.115. The van der Waals surface area contributed by atoms with Gasteiger partial charge in [-0.25, -0.2) is 4.98 Å². The molecule has 1 N–H and O–H groups in total. The van der Waals surface area contributed by atoms with Crippen molar-refractivity contribution in [1.82, 2.24) is 15.2 Å². The minimum Gasteiger partial charge on any atom is -0.310 e. The van der Waals surface area contributed by atoms with Gasteiger partial charge < -0.3 is 5.32 Å². The molecule has 0 radical (unpaired) electrons. The monoisotopic (exact) mass is 314 g/mol. The van der Waals surface area contributed by atoms with Gasteiger partial charge in [-0.2, -0.15) is 0 Å². The Balaban J connectivity index is 1.94. The van der Waals surface area contributed by atoms with Gasteiger partial charge in [0.05, 0.1) is 10.3 Å². The molecule has 100 valence electrons. The fraction of sp³-hybridized carbons (Fsp3) is 0.273. The van der Waals surface area contributed by atoms with Crippen molar-refractivity contribution in [3.05, 3.63) is 28.4 Å². The molecule has 2 rings (SSSR count). The molecule has 0 aliphatic heterocycles. The van der Waals surface area contributed by atoms with Crippen molar-refractivity contribution in [3.63, 3.8) is 0 Å². The number of nitrogens with zero attached hydrogens (tertiary/aromatic N) is 3. The molecular weight excluding hydrogens is 304 g/mol. The number of carbonyl (C=O) groups is 1. The third kappa shape index (κ3) is 4.15. The van der Waals surface area contributed by atoms with E-state index in [1.807, 2.05) is 13.8 Å². The number of amides is 1. The highest BCUT2D eigenvalue weighted by Crippen LogP contribution is 2.26. The van der Waals surface area contributed by atoms with Crippen LogP contribution >= 0.6 is 34.7 Å². The van der Waals surface area contributed by atoms with Gasteiger partial charge in [0.2, 0.25) is 5.91 Å². The molecule has 2 aromatic rings. The van der Waals surface area contributed by atoms with E-state index in [1.165, 1.54) is 29.3 Å². The molecule has 0 bridgehead atoms. The van der Waals surface area contributed by atoms with Crippen molar-refractivity contribution in [2.45, 2.75) is 23.4 Å². The molecule has 0 spiro atoms. The van der Waals surface area contributed by atoms with E-state index in [4.69, 9.17) is 11.6 Å². The number of nitrogens with one attached hydrogen (secondary N) is 1. The lowest BCUT2D eigenvalue weighted by atomic mass is 10.4. The Bertz CT molecular complexity index is 572. The van der Waals surface area contributed by atoms with Crippen molar-refractivity contribution in [1.29, 1.82) is 0 Å². The van der Waals surface area contributed by atoms with Gasteiger partial charge in [0.25, 0.3) is 0 Å². The number of halogens is 1. The maximum absolute atomic E-state index is 12.0. The second-order valence-corrected chi connectivity index (χ2v) is 6.90. The van der Waals surface area contributed by atoms with Crippen molar-refractivity contribution in [2.75, 3.05) is 5.32 Å². The van der Waals surface area contributed by atoms with Gasteiger partial charge in [0.15, 0.2) is 4.34 Å². The standard InChI is InChI=1S/C11H11ClN4OS2/c1-6(18-11-16-15-7(2)19-11)10(17)14-9-4-3-8(12)5-13-9/h3-6H,1-2H3,(H,13,14,17)/t6-/m1/s1. The van der Waals surface area contributed by atoms with E-state index in [0.717, 1.165) is 9.35 Å². The predicted molar refractivity (Wildman–Crippen MR) is 77.8 cm³/mol. The highest BCUT2D eigenvalue weighted by atomic mass is 35.5. The molecule has 0 unspecified atom stereocenters. The van der Waals surface area contributed by atoms with Crippen LogP contribution in [0.1, 0.15) is 11.9 Å². The van der Waals surface area contributed by atoms with Gasteiger partial charge >= 0.3 is 0 Å². The number of hydrogen-bond donors (Lipinski definition) is 1. The molecule has 0 aliphatic rings. The Morgan fingerprint density at radius 3 is 2.84 bits per heavy atom. The van der Waals surface area contributed by atoms with Gasteiger partial charge in [-0.3, -0.25) is 4.79 Å². The molecule has 0 aliphatic carbocycles. The Morgan fingerprint density at radius 1 is 1.47 bits per heavy atom. The summed E-state index contributed by atoms with van der Waals surface area (Å²) in [6.07, 6.45) is 1.49. The number of carbonyl (C=O) groups excluding carboxylic acids is 1. The molecule has 2 aromatic heterocycles. The quantitative estimate of drug-likeness (QED) is 0.879. The Labute approximate surface area is 123 Å². The first kappa shape index (κ1) is 14.2. The first-order valence-electron chi connectivity index (χ1n) is 5.44. The van der Waals surface area contributed by atoms with Crippen molar-refractivity contribution >= 4 is 46.4 Å². The minimum absolute atomic E-state index is 0.132. The fourth-order valence-electron chi connectivity index (χ4n) is 1.21. The van der Waals surface area contributed by atoms with Crippen LogP contribution in [0, 0.1) is 6.92 Å².